The molecule has 0 aromatic carbocycles. The molecule has 4 aliphatic rings. The number of nitrogens with two attached hydrogens (primary N) is 1. The van der Waals surface area contributed by atoms with Crippen molar-refractivity contribution >= 4 is 29.6 Å². The Morgan fingerprint density at radius 3 is 2.15 bits per heavy atom. The Bertz CT molecular complexity index is 1730. The van der Waals surface area contributed by atoms with Crippen molar-refractivity contribution < 1.29 is 87.4 Å². The summed E-state index contributed by atoms with van der Waals surface area (Å²) in [5, 5.41) is 62.6. The van der Waals surface area contributed by atoms with Gasteiger partial charge in [-0.05, 0) is 26.2 Å². The highest BCUT2D eigenvalue weighted by molar-refractivity contribution is 6.06. The molecule has 0 spiro atoms. The molecule has 5 heterocycles. The third-order valence-corrected chi connectivity index (χ3v) is 12.1. The van der Waals surface area contributed by atoms with Gasteiger partial charge in [0.2, 0.25) is 23.6 Å². The summed E-state index contributed by atoms with van der Waals surface area (Å²) in [6.07, 6.45) is -10.9. The topological polar surface area (TPSA) is 336 Å². The van der Waals surface area contributed by atoms with E-state index in [1.54, 1.807) is 6.20 Å². The summed E-state index contributed by atoms with van der Waals surface area (Å²) in [5.74, 6) is -3.66. The number of carbonyl (C=O) groups is 5. The van der Waals surface area contributed by atoms with Gasteiger partial charge in [-0.3, -0.25) is 24.1 Å². The number of aliphatic hydroxyl groups is 4. The minimum absolute atomic E-state index is 0.0378. The number of nitrogens with one attached hydrogen (secondary N) is 1. The monoisotopic (exact) mass is 959 g/mol. The molecule has 4 saturated heterocycles. The first-order valence-electron chi connectivity index (χ1n) is 23.1. The number of carboxylic acids is 1. The van der Waals surface area contributed by atoms with Crippen LogP contribution in [0, 0.1) is 11.8 Å². The molecule has 4 aliphatic heterocycles. The molecule has 0 bridgehead atoms. The predicted octanol–water partition coefficient (Wildman–Crippen LogP) is -3.12. The quantitative estimate of drug-likeness (QED) is 0.0323. The summed E-state index contributed by atoms with van der Waals surface area (Å²) in [5.41, 5.74) is 6.34. The molecule has 5 rings (SSSR count). The van der Waals surface area contributed by atoms with Crippen molar-refractivity contribution in [2.75, 3.05) is 65.9 Å². The maximum absolute atomic E-state index is 13.4. The van der Waals surface area contributed by atoms with E-state index < -0.39 is 79.2 Å². The molecule has 0 radical (unpaired) electrons. The number of likely N-dealkylation sites (tertiary alicyclic amines) is 1. The van der Waals surface area contributed by atoms with Crippen LogP contribution in [-0.2, 0) is 75.0 Å². The molecular weight excluding hydrogens is 890 g/mol. The Morgan fingerprint density at radius 2 is 1.48 bits per heavy atom. The molecule has 8 N–H and O–H groups in total. The highest BCUT2D eigenvalue weighted by Crippen LogP contribution is 2.42. The van der Waals surface area contributed by atoms with Crippen molar-refractivity contribution in [3.05, 3.63) is 11.9 Å². The average Bonchev–Trinajstić information content (AvgIpc) is 4.00. The molecule has 67 heavy (non-hydrogen) atoms. The number of nitrogens with zero attached hydrogens (tertiary/aromatic N) is 5. The molecule has 0 saturated carbocycles. The lowest BCUT2D eigenvalue weighted by molar-refractivity contribution is -0.337. The maximum atomic E-state index is 13.4. The molecule has 1 aromatic heterocycles. The molecule has 380 valence electrons. The SMILES string of the molecule is CCCOCCNC(=O)CCC(=O)N(CCOCCN1C(=O)[C@@H]2[C@H](C1=O)[C@H](CC)O[C@@H]2CC)Cc1cn(CCOCCO[C@@H]2OC(C(=O)O)[C@@H](O[C@H]3OC(C)[C@@H](O)[C@H](O)C3N)[C@H](O)C2O)nn1. The summed E-state index contributed by atoms with van der Waals surface area (Å²) in [4.78, 5) is 67.2. The smallest absolute Gasteiger partial charge is 0.335 e. The summed E-state index contributed by atoms with van der Waals surface area (Å²) in [6.45, 7) is 9.03. The zero-order valence-corrected chi connectivity index (χ0v) is 38.5. The number of hydrogen-bond donors (Lipinski definition) is 7. The molecule has 1 aromatic rings. The first-order valence-corrected chi connectivity index (χ1v) is 23.1. The van der Waals surface area contributed by atoms with Crippen molar-refractivity contribution in [1.29, 1.82) is 0 Å². The molecule has 25 nitrogen and oxygen atoms in total. The van der Waals surface area contributed by atoms with Gasteiger partial charge in [-0.2, -0.15) is 0 Å². The van der Waals surface area contributed by atoms with Crippen LogP contribution < -0.4 is 11.1 Å². The second kappa shape index (κ2) is 26.2. The molecule has 4 amide bonds. The standard InChI is InChI=1S/C42H69N7O18/c1-5-14-60-15-10-44-27(50)8-9-28(51)47(11-16-61-18-13-49-38(56)29-25(6-2)65-26(7-3)30(29)39(49)57)21-24-22-48(46-45-24)12-17-62-19-20-63-42-35(55)34(54)36(37(67-42)40(58)59)66-41-31(43)33(53)32(52)23(4)64-41/h22-23,25-26,29-37,41-42,52-55H,5-21,43H2,1-4H3,(H,44,50)(H,58,59)/t23?,25-,26+,29+,30-,31?,32-,33-,34-,35?,36+,37?,41-,42-/m1/s1. The predicted molar refractivity (Wildman–Crippen MR) is 227 cm³/mol. The van der Waals surface area contributed by atoms with Gasteiger partial charge in [0.25, 0.3) is 0 Å². The van der Waals surface area contributed by atoms with Gasteiger partial charge in [-0.25, -0.2) is 9.48 Å². The molecule has 0 aliphatic carbocycles. The molecule has 25 heteroatoms. The van der Waals surface area contributed by atoms with Crippen molar-refractivity contribution in [2.45, 2.75) is 146 Å². The van der Waals surface area contributed by atoms with Gasteiger partial charge in [0.1, 0.15) is 36.2 Å². The van der Waals surface area contributed by atoms with E-state index in [2.05, 4.69) is 15.6 Å². The van der Waals surface area contributed by atoms with Crippen LogP contribution in [0.25, 0.3) is 0 Å². The van der Waals surface area contributed by atoms with Crippen molar-refractivity contribution in [3.63, 3.8) is 0 Å². The van der Waals surface area contributed by atoms with E-state index in [1.165, 1.54) is 21.4 Å². The van der Waals surface area contributed by atoms with E-state index in [-0.39, 0.29) is 108 Å². The number of carboxylic acid groups (broad SMARTS) is 1. The Hall–Kier alpha value is -3.83. The lowest BCUT2D eigenvalue weighted by Crippen LogP contribution is -2.66. The van der Waals surface area contributed by atoms with E-state index in [0.29, 0.717) is 38.3 Å². The molecule has 4 unspecified atom stereocenters. The number of aliphatic hydroxyl groups excluding tert-OH is 4. The first kappa shape index (κ1) is 54.1. The van der Waals surface area contributed by atoms with Crippen LogP contribution in [0.2, 0.25) is 0 Å². The van der Waals surface area contributed by atoms with Gasteiger partial charge in [-0.15, -0.1) is 5.10 Å². The first-order chi connectivity index (χ1) is 32.1. The van der Waals surface area contributed by atoms with Gasteiger partial charge in [-0.1, -0.05) is 26.0 Å². The minimum atomic E-state index is -1.84. The number of hydrogen-bond acceptors (Lipinski definition) is 20. The fraction of sp³-hybridized carbons (Fsp3) is 0.833. The zero-order valence-electron chi connectivity index (χ0n) is 38.5. The zero-order chi connectivity index (χ0) is 48.8. The van der Waals surface area contributed by atoms with Crippen LogP contribution in [0.4, 0.5) is 0 Å². The van der Waals surface area contributed by atoms with Gasteiger partial charge < -0.3 is 79.4 Å². The number of carbonyl (C=O) groups excluding carboxylic acids is 4. The Morgan fingerprint density at radius 1 is 0.806 bits per heavy atom. The van der Waals surface area contributed by atoms with E-state index in [0.717, 1.165) is 6.42 Å². The van der Waals surface area contributed by atoms with E-state index in [1.807, 2.05) is 20.8 Å². The lowest BCUT2D eigenvalue weighted by Gasteiger charge is -2.45. The number of aliphatic carboxylic acids is 1. The van der Waals surface area contributed by atoms with Crippen LogP contribution in [0.1, 0.15) is 65.5 Å². The van der Waals surface area contributed by atoms with Crippen molar-refractivity contribution in [3.8, 4) is 0 Å². The Labute approximate surface area is 388 Å². The molecular formula is C42H69N7O18. The number of fused-ring (bicyclic) bond motifs is 1. The van der Waals surface area contributed by atoms with E-state index in [4.69, 9.17) is 43.6 Å². The third-order valence-electron chi connectivity index (χ3n) is 12.1. The lowest BCUT2D eigenvalue weighted by atomic mass is 9.88. The third kappa shape index (κ3) is 14.1. The summed E-state index contributed by atoms with van der Waals surface area (Å²) < 4.78 is 46.3. The van der Waals surface area contributed by atoms with Crippen molar-refractivity contribution in [1.82, 2.24) is 30.1 Å². The summed E-state index contributed by atoms with van der Waals surface area (Å²) in [7, 11) is 0. The van der Waals surface area contributed by atoms with Gasteiger partial charge in [0, 0.05) is 32.5 Å². The fourth-order valence-corrected chi connectivity index (χ4v) is 8.42. The van der Waals surface area contributed by atoms with Crippen LogP contribution in [0.5, 0.6) is 0 Å². The fourth-order valence-electron chi connectivity index (χ4n) is 8.42. The Kier molecular flexibility index (Phi) is 21.2. The number of amides is 4. The van der Waals surface area contributed by atoms with Crippen molar-refractivity contribution in [2.24, 2.45) is 17.6 Å². The van der Waals surface area contributed by atoms with Crippen LogP contribution in [-0.4, -0.2) is 219 Å². The molecule has 14 atom stereocenters. The van der Waals surface area contributed by atoms with Crippen LogP contribution in [0.15, 0.2) is 6.20 Å². The number of rotatable bonds is 28. The number of ether oxygens (including phenoxy) is 8. The van der Waals surface area contributed by atoms with Crippen LogP contribution in [0.3, 0.4) is 0 Å². The Balaban J connectivity index is 1.06. The molecule has 4 fully saturated rings. The van der Waals surface area contributed by atoms with Crippen LogP contribution >= 0.6 is 0 Å². The van der Waals surface area contributed by atoms with E-state index in [9.17, 15) is 49.5 Å². The highest BCUT2D eigenvalue weighted by Gasteiger charge is 2.58. The van der Waals surface area contributed by atoms with Gasteiger partial charge in [0.15, 0.2) is 18.7 Å². The van der Waals surface area contributed by atoms with Gasteiger partial charge in [0.05, 0.1) is 102 Å². The minimum Gasteiger partial charge on any atom is -0.479 e. The second-order valence-corrected chi connectivity index (χ2v) is 16.9. The van der Waals surface area contributed by atoms with Gasteiger partial charge >= 0.3 is 5.97 Å². The number of aromatic nitrogens is 3. The van der Waals surface area contributed by atoms with E-state index >= 15 is 0 Å². The normalized spacial score (nSPS) is 31.9. The summed E-state index contributed by atoms with van der Waals surface area (Å²) >= 11 is 0. The summed E-state index contributed by atoms with van der Waals surface area (Å²) in [6, 6.07) is -1.30. The number of imide groups is 1. The highest BCUT2D eigenvalue weighted by atomic mass is 16.7. The second-order valence-electron chi connectivity index (χ2n) is 16.9. The average molecular weight is 960 g/mol. The largest absolute Gasteiger partial charge is 0.479 e. The maximum Gasteiger partial charge on any atom is 0.335 e.